The van der Waals surface area contributed by atoms with Crippen LogP contribution in [0, 0.1) is 0 Å². The van der Waals surface area contributed by atoms with Crippen LogP contribution in [-0.2, 0) is 16.4 Å². The van der Waals surface area contributed by atoms with Gasteiger partial charge in [-0.3, -0.25) is 0 Å². The molecule has 0 atom stereocenters. The predicted octanol–water partition coefficient (Wildman–Crippen LogP) is 0.519. The Labute approximate surface area is 94.8 Å². The number of nitrogens with one attached hydrogen (secondary N) is 2. The SMILES string of the molecule is CNC(=O)NCc1ccccc1S(C)(=O)=O. The largest absolute Gasteiger partial charge is 0.341 e. The smallest absolute Gasteiger partial charge is 0.314 e. The molecule has 1 aromatic rings. The van der Waals surface area contributed by atoms with Crippen LogP contribution >= 0.6 is 0 Å². The molecule has 0 bridgehead atoms. The summed E-state index contributed by atoms with van der Waals surface area (Å²) >= 11 is 0. The monoisotopic (exact) mass is 242 g/mol. The van der Waals surface area contributed by atoms with E-state index in [0.29, 0.717) is 5.56 Å². The highest BCUT2D eigenvalue weighted by molar-refractivity contribution is 7.90. The number of carbonyl (C=O) groups excluding carboxylic acids is 1. The van der Waals surface area contributed by atoms with Crippen molar-refractivity contribution in [2.75, 3.05) is 13.3 Å². The molecule has 0 fully saturated rings. The summed E-state index contributed by atoms with van der Waals surface area (Å²) in [6.45, 7) is 0.183. The van der Waals surface area contributed by atoms with E-state index in [1.807, 2.05) is 0 Å². The van der Waals surface area contributed by atoms with Crippen LogP contribution in [0.5, 0.6) is 0 Å². The van der Waals surface area contributed by atoms with Crippen LogP contribution in [0.15, 0.2) is 29.2 Å². The number of hydrogen-bond acceptors (Lipinski definition) is 3. The minimum atomic E-state index is -3.26. The summed E-state index contributed by atoms with van der Waals surface area (Å²) in [6.07, 6.45) is 1.14. The maximum Gasteiger partial charge on any atom is 0.314 e. The van der Waals surface area contributed by atoms with Gasteiger partial charge in [-0.1, -0.05) is 18.2 Å². The fraction of sp³-hybridized carbons (Fsp3) is 0.300. The predicted molar refractivity (Wildman–Crippen MR) is 60.8 cm³/mol. The third-order valence-electron chi connectivity index (χ3n) is 2.04. The van der Waals surface area contributed by atoms with Crippen molar-refractivity contribution in [1.82, 2.24) is 10.6 Å². The van der Waals surface area contributed by atoms with Crippen molar-refractivity contribution in [3.8, 4) is 0 Å². The van der Waals surface area contributed by atoms with Crippen molar-refractivity contribution in [3.05, 3.63) is 29.8 Å². The summed E-state index contributed by atoms with van der Waals surface area (Å²) in [7, 11) is -1.76. The lowest BCUT2D eigenvalue weighted by Crippen LogP contribution is -2.32. The van der Waals surface area contributed by atoms with Gasteiger partial charge in [0.25, 0.3) is 0 Å². The van der Waals surface area contributed by atoms with Crippen molar-refractivity contribution in [2.45, 2.75) is 11.4 Å². The van der Waals surface area contributed by atoms with Gasteiger partial charge in [-0.2, -0.15) is 0 Å². The molecule has 0 heterocycles. The van der Waals surface area contributed by atoms with Crippen molar-refractivity contribution in [1.29, 1.82) is 0 Å². The van der Waals surface area contributed by atoms with E-state index in [0.717, 1.165) is 6.26 Å². The second kappa shape index (κ2) is 4.98. The van der Waals surface area contributed by atoms with Crippen molar-refractivity contribution < 1.29 is 13.2 Å². The summed E-state index contributed by atoms with van der Waals surface area (Å²) in [5.41, 5.74) is 0.577. The zero-order chi connectivity index (χ0) is 12.2. The zero-order valence-electron chi connectivity index (χ0n) is 9.15. The topological polar surface area (TPSA) is 75.3 Å². The van der Waals surface area contributed by atoms with E-state index >= 15 is 0 Å². The number of rotatable bonds is 3. The molecule has 88 valence electrons. The highest BCUT2D eigenvalue weighted by Gasteiger charge is 2.12. The van der Waals surface area contributed by atoms with E-state index in [1.165, 1.54) is 13.1 Å². The van der Waals surface area contributed by atoms with Crippen molar-refractivity contribution in [2.24, 2.45) is 0 Å². The summed E-state index contributed by atoms with van der Waals surface area (Å²) in [5, 5.41) is 4.94. The second-order valence-electron chi connectivity index (χ2n) is 3.31. The molecule has 0 saturated carbocycles. The third kappa shape index (κ3) is 3.23. The fourth-order valence-corrected chi connectivity index (χ4v) is 2.22. The minimum absolute atomic E-state index is 0.183. The average Bonchev–Trinajstić information content (AvgIpc) is 2.25. The summed E-state index contributed by atoms with van der Waals surface area (Å²) < 4.78 is 22.9. The summed E-state index contributed by atoms with van der Waals surface area (Å²) in [5.74, 6) is 0. The quantitative estimate of drug-likeness (QED) is 0.811. The van der Waals surface area contributed by atoms with Gasteiger partial charge in [0.05, 0.1) is 4.90 Å². The molecule has 0 spiro atoms. The molecule has 0 saturated heterocycles. The van der Waals surface area contributed by atoms with Gasteiger partial charge < -0.3 is 10.6 Å². The molecule has 0 aliphatic carbocycles. The molecule has 2 N–H and O–H groups in total. The third-order valence-corrected chi connectivity index (χ3v) is 3.24. The molecule has 0 unspecified atom stereocenters. The molecule has 2 amide bonds. The Morgan fingerprint density at radius 1 is 1.31 bits per heavy atom. The Hall–Kier alpha value is -1.56. The molecule has 1 rings (SSSR count). The van der Waals surface area contributed by atoms with Gasteiger partial charge in [0, 0.05) is 19.8 Å². The number of amides is 2. The molecular formula is C10H14N2O3S. The van der Waals surface area contributed by atoms with Crippen LogP contribution in [0.25, 0.3) is 0 Å². The lowest BCUT2D eigenvalue weighted by atomic mass is 10.2. The normalized spacial score (nSPS) is 10.9. The van der Waals surface area contributed by atoms with Crippen LogP contribution in [0.2, 0.25) is 0 Å². The van der Waals surface area contributed by atoms with Crippen LogP contribution in [0.3, 0.4) is 0 Å². The van der Waals surface area contributed by atoms with Crippen LogP contribution in [-0.4, -0.2) is 27.8 Å². The molecule has 16 heavy (non-hydrogen) atoms. The van der Waals surface area contributed by atoms with Gasteiger partial charge in [-0.25, -0.2) is 13.2 Å². The number of hydrogen-bond donors (Lipinski definition) is 2. The van der Waals surface area contributed by atoms with E-state index in [-0.39, 0.29) is 17.5 Å². The van der Waals surface area contributed by atoms with E-state index in [9.17, 15) is 13.2 Å². The van der Waals surface area contributed by atoms with E-state index < -0.39 is 9.84 Å². The molecule has 6 heteroatoms. The number of urea groups is 1. The highest BCUT2D eigenvalue weighted by Crippen LogP contribution is 2.14. The average molecular weight is 242 g/mol. The van der Waals surface area contributed by atoms with Crippen molar-refractivity contribution >= 4 is 15.9 Å². The molecule has 1 aromatic carbocycles. The first-order valence-corrected chi connectivity index (χ1v) is 6.58. The Morgan fingerprint density at radius 2 is 1.94 bits per heavy atom. The second-order valence-corrected chi connectivity index (χ2v) is 5.30. The molecular weight excluding hydrogens is 228 g/mol. The first-order valence-electron chi connectivity index (χ1n) is 4.68. The van der Waals surface area contributed by atoms with E-state index in [1.54, 1.807) is 18.2 Å². The van der Waals surface area contributed by atoms with Gasteiger partial charge in [-0.05, 0) is 11.6 Å². The Kier molecular flexibility index (Phi) is 3.89. The molecule has 0 aliphatic rings. The Bertz CT molecular complexity index is 483. The van der Waals surface area contributed by atoms with Gasteiger partial charge >= 0.3 is 6.03 Å². The molecule has 5 nitrogen and oxygen atoms in total. The van der Waals surface area contributed by atoms with Crippen molar-refractivity contribution in [3.63, 3.8) is 0 Å². The standard InChI is InChI=1S/C10H14N2O3S/c1-11-10(13)12-7-8-5-3-4-6-9(8)16(2,14)15/h3-6H,7H2,1-2H3,(H2,11,12,13). The molecule has 0 aromatic heterocycles. The van der Waals surface area contributed by atoms with Gasteiger partial charge in [0.2, 0.25) is 0 Å². The minimum Gasteiger partial charge on any atom is -0.341 e. The van der Waals surface area contributed by atoms with Gasteiger partial charge in [0.15, 0.2) is 9.84 Å². The Morgan fingerprint density at radius 3 is 2.50 bits per heavy atom. The van der Waals surface area contributed by atoms with Gasteiger partial charge in [-0.15, -0.1) is 0 Å². The summed E-state index contributed by atoms with van der Waals surface area (Å²) in [4.78, 5) is 11.2. The number of sulfone groups is 1. The van der Waals surface area contributed by atoms with Crippen LogP contribution in [0.1, 0.15) is 5.56 Å². The number of carbonyl (C=O) groups is 1. The first-order chi connectivity index (χ1) is 7.45. The van der Waals surface area contributed by atoms with Gasteiger partial charge in [0.1, 0.15) is 0 Å². The number of benzene rings is 1. The zero-order valence-corrected chi connectivity index (χ0v) is 9.97. The van der Waals surface area contributed by atoms with Crippen LogP contribution in [0.4, 0.5) is 4.79 Å². The highest BCUT2D eigenvalue weighted by atomic mass is 32.2. The molecule has 0 radical (unpaired) electrons. The van der Waals surface area contributed by atoms with E-state index in [4.69, 9.17) is 0 Å². The fourth-order valence-electron chi connectivity index (χ4n) is 1.28. The maximum atomic E-state index is 11.4. The Balaban J connectivity index is 2.93. The first kappa shape index (κ1) is 12.5. The molecule has 0 aliphatic heterocycles. The maximum absolute atomic E-state index is 11.4. The van der Waals surface area contributed by atoms with Crippen LogP contribution < -0.4 is 10.6 Å². The van der Waals surface area contributed by atoms with E-state index in [2.05, 4.69) is 10.6 Å². The summed E-state index contributed by atoms with van der Waals surface area (Å²) in [6, 6.07) is 6.24. The lowest BCUT2D eigenvalue weighted by Gasteiger charge is -2.08. The lowest BCUT2D eigenvalue weighted by molar-refractivity contribution is 0.242.